The van der Waals surface area contributed by atoms with Crippen molar-refractivity contribution in [1.29, 1.82) is 0 Å². The largest absolute Gasteiger partial charge is 0.506 e. The van der Waals surface area contributed by atoms with Gasteiger partial charge < -0.3 is 20.9 Å². The molecule has 5 N–H and O–H groups in total. The number of para-hydroxylation sites is 2. The monoisotopic (exact) mass is 403 g/mol. The van der Waals surface area contributed by atoms with Crippen LogP contribution in [0, 0.1) is 0 Å². The number of imidazole rings is 1. The van der Waals surface area contributed by atoms with Crippen LogP contribution >= 0.6 is 11.6 Å². The van der Waals surface area contributed by atoms with Gasteiger partial charge in [-0.15, -0.1) is 0 Å². The minimum atomic E-state index is -0.447. The summed E-state index contributed by atoms with van der Waals surface area (Å²) in [6, 6.07) is 11.1. The summed E-state index contributed by atoms with van der Waals surface area (Å²) in [5.41, 5.74) is 8.95. The molecule has 0 saturated heterocycles. The fourth-order valence-corrected chi connectivity index (χ4v) is 3.67. The molecule has 1 aromatic heterocycles. The first-order valence-electron chi connectivity index (χ1n) is 9.50. The van der Waals surface area contributed by atoms with E-state index in [2.05, 4.69) is 4.98 Å². The van der Waals surface area contributed by atoms with Gasteiger partial charge in [-0.05, 0) is 50.3 Å². The van der Waals surface area contributed by atoms with E-state index in [1.54, 1.807) is 10.6 Å². The van der Waals surface area contributed by atoms with Crippen LogP contribution in [0.5, 0.6) is 5.75 Å². The Labute approximate surface area is 168 Å². The number of aromatic nitrogens is 2. The molecule has 2 heterocycles. The van der Waals surface area contributed by atoms with E-state index in [1.807, 2.05) is 37.3 Å². The number of phenols is 1. The molecule has 0 fully saturated rings. The molecule has 7 heteroatoms. The molecule has 6 nitrogen and oxygen atoms in total. The molecule has 0 bridgehead atoms. The highest BCUT2D eigenvalue weighted by atomic mass is 35.5. The Hall–Kier alpha value is -2.28. The van der Waals surface area contributed by atoms with E-state index < -0.39 is 6.10 Å². The lowest BCUT2D eigenvalue weighted by atomic mass is 10.1. The predicted octanol–water partition coefficient (Wildman–Crippen LogP) is 3.48. The Morgan fingerprint density at radius 1 is 1.32 bits per heavy atom. The van der Waals surface area contributed by atoms with Crippen LogP contribution in [0.15, 0.2) is 41.2 Å². The first-order chi connectivity index (χ1) is 13.4. The van der Waals surface area contributed by atoms with E-state index in [4.69, 9.17) is 17.3 Å². The normalized spacial score (nSPS) is 16.9. The number of hydrogen-bond acceptors (Lipinski definition) is 4. The molecular formula is C21H26ClN3O3. The Kier molecular flexibility index (Phi) is 6.44. The lowest BCUT2D eigenvalue weighted by Gasteiger charge is -2.07. The molecule has 0 saturated carbocycles. The van der Waals surface area contributed by atoms with Crippen molar-refractivity contribution in [2.75, 3.05) is 0 Å². The average Bonchev–Trinajstić information content (AvgIpc) is 2.87. The van der Waals surface area contributed by atoms with Gasteiger partial charge in [-0.3, -0.25) is 4.57 Å². The summed E-state index contributed by atoms with van der Waals surface area (Å²) in [4.78, 5) is 14.4. The third-order valence-corrected chi connectivity index (χ3v) is 5.29. The first kappa shape index (κ1) is 20.5. The topological polar surface area (TPSA) is 104 Å². The minimum Gasteiger partial charge on any atom is -0.506 e. The fourth-order valence-electron chi connectivity index (χ4n) is 3.47. The maximum absolute atomic E-state index is 11.6. The van der Waals surface area contributed by atoms with Crippen molar-refractivity contribution in [3.8, 4) is 5.75 Å². The van der Waals surface area contributed by atoms with Gasteiger partial charge in [0.05, 0.1) is 22.2 Å². The van der Waals surface area contributed by atoms with Gasteiger partial charge in [0.25, 0.3) is 0 Å². The summed E-state index contributed by atoms with van der Waals surface area (Å²) < 4.78 is 1.72. The van der Waals surface area contributed by atoms with Gasteiger partial charge in [0, 0.05) is 18.2 Å². The number of aromatic hydroxyl groups is 1. The van der Waals surface area contributed by atoms with Crippen LogP contribution in [-0.4, -0.2) is 25.8 Å². The number of rotatable bonds is 3. The molecule has 2 unspecified atom stereocenters. The second kappa shape index (κ2) is 8.82. The number of aliphatic hydroxyl groups excluding tert-OH is 1. The van der Waals surface area contributed by atoms with E-state index in [-0.39, 0.29) is 17.5 Å². The molecule has 0 amide bonds. The van der Waals surface area contributed by atoms with Crippen molar-refractivity contribution in [2.24, 2.45) is 5.73 Å². The quantitative estimate of drug-likeness (QED) is 0.537. The van der Waals surface area contributed by atoms with Crippen molar-refractivity contribution in [1.82, 2.24) is 9.55 Å². The smallest absolute Gasteiger partial charge is 0.326 e. The van der Waals surface area contributed by atoms with Crippen LogP contribution in [0.4, 0.5) is 0 Å². The number of halogens is 1. The van der Waals surface area contributed by atoms with Crippen LogP contribution in [0.1, 0.15) is 43.4 Å². The molecule has 2 atom stereocenters. The maximum atomic E-state index is 11.6. The summed E-state index contributed by atoms with van der Waals surface area (Å²) in [6.45, 7) is 2.63. The zero-order chi connectivity index (χ0) is 20.3. The fraction of sp³-hybridized carbons (Fsp3) is 0.381. The molecule has 4 rings (SSSR count). The maximum Gasteiger partial charge on any atom is 0.326 e. The summed E-state index contributed by atoms with van der Waals surface area (Å²) in [5, 5.41) is 19.9. The van der Waals surface area contributed by atoms with Crippen LogP contribution in [0.25, 0.3) is 11.0 Å². The van der Waals surface area contributed by atoms with Crippen LogP contribution in [0.3, 0.4) is 0 Å². The molecule has 2 aromatic carbocycles. The Morgan fingerprint density at radius 2 is 2.07 bits per heavy atom. The molecule has 1 aliphatic heterocycles. The standard InChI is InChI=1S/C11H12N2O2.C10H14ClNO/c14-9-5-2-6-13-10-7(9)3-1-4-8(10)12-11(13)15;1-7(12)5-6-8-3-2-4-9(11)10(8)13/h1,3-4,9,14H,2,5-6H2,(H,12,15);2-4,7,13H,5-6,12H2,1H3. The lowest BCUT2D eigenvalue weighted by molar-refractivity contribution is 0.167. The number of benzene rings is 2. The van der Waals surface area contributed by atoms with Gasteiger partial charge in [0.1, 0.15) is 5.75 Å². The van der Waals surface area contributed by atoms with E-state index in [1.165, 1.54) is 0 Å². The Bertz CT molecular complexity index is 1010. The zero-order valence-corrected chi connectivity index (χ0v) is 16.6. The van der Waals surface area contributed by atoms with Crippen molar-refractivity contribution in [2.45, 2.75) is 51.3 Å². The highest BCUT2D eigenvalue weighted by Gasteiger charge is 2.19. The third-order valence-electron chi connectivity index (χ3n) is 4.98. The molecule has 150 valence electrons. The molecular weight excluding hydrogens is 378 g/mol. The van der Waals surface area contributed by atoms with Gasteiger partial charge in [-0.1, -0.05) is 35.9 Å². The summed E-state index contributed by atoms with van der Waals surface area (Å²) >= 11 is 5.75. The van der Waals surface area contributed by atoms with Gasteiger partial charge in [0.15, 0.2) is 0 Å². The molecule has 1 aliphatic rings. The van der Waals surface area contributed by atoms with Crippen molar-refractivity contribution in [3.63, 3.8) is 0 Å². The molecule has 28 heavy (non-hydrogen) atoms. The second-order valence-electron chi connectivity index (χ2n) is 7.25. The molecule has 0 radical (unpaired) electrons. The minimum absolute atomic E-state index is 0.0773. The molecule has 0 spiro atoms. The Balaban J connectivity index is 0.000000163. The number of phenolic OH excluding ortho intramolecular Hbond substituents is 1. The average molecular weight is 404 g/mol. The van der Waals surface area contributed by atoms with Crippen LogP contribution < -0.4 is 11.4 Å². The zero-order valence-electron chi connectivity index (χ0n) is 15.9. The van der Waals surface area contributed by atoms with Crippen LogP contribution in [0.2, 0.25) is 5.02 Å². The van der Waals surface area contributed by atoms with E-state index in [0.717, 1.165) is 47.8 Å². The van der Waals surface area contributed by atoms with E-state index in [0.29, 0.717) is 11.6 Å². The second-order valence-corrected chi connectivity index (χ2v) is 7.65. The van der Waals surface area contributed by atoms with Gasteiger partial charge in [-0.2, -0.15) is 0 Å². The molecule has 3 aromatic rings. The van der Waals surface area contributed by atoms with E-state index >= 15 is 0 Å². The van der Waals surface area contributed by atoms with Crippen molar-refractivity contribution >= 4 is 22.6 Å². The molecule has 0 aliphatic carbocycles. The van der Waals surface area contributed by atoms with Crippen molar-refractivity contribution < 1.29 is 10.2 Å². The number of nitrogens with one attached hydrogen (secondary N) is 1. The number of nitrogens with two attached hydrogens (primary N) is 1. The summed E-state index contributed by atoms with van der Waals surface area (Å²) in [7, 11) is 0. The number of H-pyrrole nitrogens is 1. The number of aliphatic hydroxyl groups is 1. The first-order valence-corrected chi connectivity index (χ1v) is 9.87. The highest BCUT2D eigenvalue weighted by Crippen LogP contribution is 2.29. The Morgan fingerprint density at radius 3 is 2.82 bits per heavy atom. The SMILES string of the molecule is CC(N)CCc1cccc(Cl)c1O.O=c1[nH]c2cccc3c2n1CCCC3O. The van der Waals surface area contributed by atoms with Crippen LogP contribution in [-0.2, 0) is 13.0 Å². The van der Waals surface area contributed by atoms with Gasteiger partial charge >= 0.3 is 5.69 Å². The summed E-state index contributed by atoms with van der Waals surface area (Å²) in [5.74, 6) is 0.185. The van der Waals surface area contributed by atoms with E-state index in [9.17, 15) is 15.0 Å². The number of aromatic amines is 1. The number of nitrogens with zero attached hydrogens (tertiary/aromatic N) is 1. The summed E-state index contributed by atoms with van der Waals surface area (Å²) in [6.07, 6.45) is 2.73. The third kappa shape index (κ3) is 4.41. The lowest BCUT2D eigenvalue weighted by Crippen LogP contribution is -2.16. The highest BCUT2D eigenvalue weighted by molar-refractivity contribution is 6.32. The van der Waals surface area contributed by atoms with Gasteiger partial charge in [0.2, 0.25) is 0 Å². The predicted molar refractivity (Wildman–Crippen MR) is 112 cm³/mol. The number of hydrogen-bond donors (Lipinski definition) is 4. The van der Waals surface area contributed by atoms with Crippen molar-refractivity contribution in [3.05, 3.63) is 63.0 Å². The van der Waals surface area contributed by atoms with Gasteiger partial charge in [-0.25, -0.2) is 4.79 Å². The number of aryl methyl sites for hydroxylation is 2.